The number of hydrogen-bond donors (Lipinski definition) is 1. The average Bonchev–Trinajstić information content (AvgIpc) is 2.51. The first-order valence-corrected chi connectivity index (χ1v) is 6.89. The first-order valence-electron chi connectivity index (χ1n) is 6.89. The van der Waals surface area contributed by atoms with Crippen molar-refractivity contribution in [1.82, 2.24) is 4.57 Å². The van der Waals surface area contributed by atoms with Gasteiger partial charge in [0, 0.05) is 24.0 Å². The molecule has 0 spiro atoms. The summed E-state index contributed by atoms with van der Waals surface area (Å²) < 4.78 is 2.50. The largest absolute Gasteiger partial charge is 0.349 e. The van der Waals surface area contributed by atoms with E-state index >= 15 is 0 Å². The van der Waals surface area contributed by atoms with Crippen LogP contribution < -0.4 is 5.73 Å². The highest BCUT2D eigenvalue weighted by Gasteiger charge is 2.32. The fourth-order valence-electron chi connectivity index (χ4n) is 3.13. The lowest BCUT2D eigenvalue weighted by atomic mass is 9.74. The number of hydrogen-bond acceptors (Lipinski definition) is 1. The van der Waals surface area contributed by atoms with Crippen molar-refractivity contribution in [2.75, 3.05) is 0 Å². The highest BCUT2D eigenvalue weighted by molar-refractivity contribution is 5.34. The normalized spacial score (nSPS) is 22.5. The smallest absolute Gasteiger partial charge is 0.0318 e. The van der Waals surface area contributed by atoms with E-state index < -0.39 is 0 Å². The van der Waals surface area contributed by atoms with Gasteiger partial charge >= 0.3 is 0 Å². The molecule has 1 aromatic rings. The second kappa shape index (κ2) is 4.49. The lowest BCUT2D eigenvalue weighted by Gasteiger charge is -2.34. The predicted molar refractivity (Wildman–Crippen MR) is 73.1 cm³/mol. The van der Waals surface area contributed by atoms with Gasteiger partial charge in [-0.2, -0.15) is 0 Å². The van der Waals surface area contributed by atoms with E-state index in [-0.39, 0.29) is 6.04 Å². The number of nitrogens with two attached hydrogens (primary N) is 1. The minimum absolute atomic E-state index is 0.232. The summed E-state index contributed by atoms with van der Waals surface area (Å²) >= 11 is 0. The third kappa shape index (κ3) is 2.42. The van der Waals surface area contributed by atoms with Gasteiger partial charge in [-0.05, 0) is 43.2 Å². The molecule has 0 saturated heterocycles. The number of nitrogens with zero attached hydrogens (tertiary/aromatic N) is 1. The summed E-state index contributed by atoms with van der Waals surface area (Å²) in [4.78, 5) is 0. The Labute approximate surface area is 105 Å². The van der Waals surface area contributed by atoms with E-state index in [1.54, 1.807) is 0 Å². The quantitative estimate of drug-likeness (QED) is 0.851. The third-order valence-corrected chi connectivity index (χ3v) is 4.00. The molecule has 96 valence electrons. The van der Waals surface area contributed by atoms with Gasteiger partial charge in [0.15, 0.2) is 0 Å². The van der Waals surface area contributed by atoms with Crippen LogP contribution in [-0.2, 0) is 13.0 Å². The van der Waals surface area contributed by atoms with Gasteiger partial charge < -0.3 is 10.3 Å². The second-order valence-corrected chi connectivity index (χ2v) is 6.34. The average molecular weight is 234 g/mol. The number of aromatic nitrogens is 1. The van der Waals surface area contributed by atoms with Gasteiger partial charge in [-0.1, -0.05) is 27.2 Å². The molecule has 2 N–H and O–H groups in total. The Hall–Kier alpha value is -0.760. The lowest BCUT2D eigenvalue weighted by molar-refractivity contribution is 0.274. The van der Waals surface area contributed by atoms with Gasteiger partial charge in [-0.15, -0.1) is 0 Å². The lowest BCUT2D eigenvalue weighted by Crippen LogP contribution is -2.30. The summed E-state index contributed by atoms with van der Waals surface area (Å²) in [5.41, 5.74) is 11.0. The van der Waals surface area contributed by atoms with Crippen LogP contribution in [0.5, 0.6) is 0 Å². The third-order valence-electron chi connectivity index (χ3n) is 4.00. The molecule has 0 aliphatic heterocycles. The van der Waals surface area contributed by atoms with Crippen molar-refractivity contribution in [1.29, 1.82) is 0 Å². The maximum absolute atomic E-state index is 6.32. The van der Waals surface area contributed by atoms with Gasteiger partial charge in [-0.3, -0.25) is 0 Å². The number of fused-ring (bicyclic) bond motifs is 1. The summed E-state index contributed by atoms with van der Waals surface area (Å²) in [5, 5.41) is 0. The van der Waals surface area contributed by atoms with Crippen molar-refractivity contribution in [3.8, 4) is 0 Å². The Balaban J connectivity index is 2.36. The van der Waals surface area contributed by atoms with Crippen molar-refractivity contribution >= 4 is 0 Å². The summed E-state index contributed by atoms with van der Waals surface area (Å²) in [7, 11) is 0. The number of aryl methyl sites for hydroxylation is 1. The van der Waals surface area contributed by atoms with Crippen LogP contribution in [0.4, 0.5) is 0 Å². The summed E-state index contributed by atoms with van der Waals surface area (Å²) in [6.07, 6.45) is 4.80. The van der Waals surface area contributed by atoms with Crippen LogP contribution in [-0.4, -0.2) is 4.57 Å². The van der Waals surface area contributed by atoms with Crippen LogP contribution in [0.25, 0.3) is 0 Å². The van der Waals surface area contributed by atoms with E-state index in [0.717, 1.165) is 13.0 Å². The molecule has 0 saturated carbocycles. The van der Waals surface area contributed by atoms with Crippen molar-refractivity contribution in [2.45, 2.75) is 66.0 Å². The monoisotopic (exact) mass is 234 g/mol. The molecule has 1 heterocycles. The van der Waals surface area contributed by atoms with Gasteiger partial charge in [0.1, 0.15) is 0 Å². The van der Waals surface area contributed by atoms with Gasteiger partial charge in [0.25, 0.3) is 0 Å². The van der Waals surface area contributed by atoms with Gasteiger partial charge in [0.05, 0.1) is 0 Å². The molecular formula is C15H26N2. The van der Waals surface area contributed by atoms with Crippen molar-refractivity contribution in [2.24, 2.45) is 11.1 Å². The maximum atomic E-state index is 6.32. The van der Waals surface area contributed by atoms with Crippen LogP contribution in [0, 0.1) is 12.3 Å². The van der Waals surface area contributed by atoms with Crippen LogP contribution in [0.1, 0.15) is 63.0 Å². The van der Waals surface area contributed by atoms with Crippen LogP contribution >= 0.6 is 0 Å². The zero-order valence-corrected chi connectivity index (χ0v) is 11.7. The molecule has 0 bridgehead atoms. The van der Waals surface area contributed by atoms with E-state index in [0.29, 0.717) is 5.41 Å². The fourth-order valence-corrected chi connectivity index (χ4v) is 3.13. The fraction of sp³-hybridized carbons (Fsp3) is 0.733. The molecule has 0 fully saturated rings. The summed E-state index contributed by atoms with van der Waals surface area (Å²) in [6, 6.07) is 2.54. The first-order chi connectivity index (χ1) is 7.94. The highest BCUT2D eigenvalue weighted by atomic mass is 15.0. The zero-order chi connectivity index (χ0) is 12.6. The standard InChI is InChI=1S/C15H26N2/c1-5-6-7-17-11(2)8-12-13(16)9-15(3,4)10-14(12)17/h8,13H,5-7,9-10,16H2,1-4H3. The molecule has 2 rings (SSSR count). The Morgan fingerprint density at radius 2 is 2.18 bits per heavy atom. The zero-order valence-electron chi connectivity index (χ0n) is 11.7. The molecule has 0 amide bonds. The van der Waals surface area contributed by atoms with E-state index in [2.05, 4.69) is 38.3 Å². The highest BCUT2D eigenvalue weighted by Crippen LogP contribution is 2.40. The molecule has 2 nitrogen and oxygen atoms in total. The molecule has 0 aromatic carbocycles. The summed E-state index contributed by atoms with van der Waals surface area (Å²) in [6.45, 7) is 10.3. The van der Waals surface area contributed by atoms with Crippen LogP contribution in [0.15, 0.2) is 6.07 Å². The van der Waals surface area contributed by atoms with Gasteiger partial charge in [0.2, 0.25) is 0 Å². The number of unbranched alkanes of at least 4 members (excludes halogenated alkanes) is 1. The van der Waals surface area contributed by atoms with E-state index in [1.807, 2.05) is 0 Å². The van der Waals surface area contributed by atoms with Crippen molar-refractivity contribution in [3.63, 3.8) is 0 Å². The molecule has 1 aliphatic rings. The summed E-state index contributed by atoms with van der Waals surface area (Å²) in [5.74, 6) is 0. The van der Waals surface area contributed by atoms with Crippen LogP contribution in [0.3, 0.4) is 0 Å². The Morgan fingerprint density at radius 3 is 2.82 bits per heavy atom. The first kappa shape index (κ1) is 12.7. The van der Waals surface area contributed by atoms with Crippen molar-refractivity contribution in [3.05, 3.63) is 23.0 Å². The molecular weight excluding hydrogens is 208 g/mol. The molecule has 0 radical (unpaired) electrons. The second-order valence-electron chi connectivity index (χ2n) is 6.34. The van der Waals surface area contributed by atoms with Crippen molar-refractivity contribution < 1.29 is 0 Å². The molecule has 1 aliphatic carbocycles. The molecule has 1 atom stereocenters. The van der Waals surface area contributed by atoms with Gasteiger partial charge in [-0.25, -0.2) is 0 Å². The molecule has 1 unspecified atom stereocenters. The molecule has 1 aromatic heterocycles. The Bertz CT molecular complexity index is 401. The van der Waals surface area contributed by atoms with Crippen LogP contribution in [0.2, 0.25) is 0 Å². The maximum Gasteiger partial charge on any atom is 0.0318 e. The molecule has 17 heavy (non-hydrogen) atoms. The topological polar surface area (TPSA) is 30.9 Å². The van der Waals surface area contributed by atoms with E-state index in [9.17, 15) is 0 Å². The van der Waals surface area contributed by atoms with E-state index in [1.165, 1.54) is 36.2 Å². The number of rotatable bonds is 3. The Kier molecular flexibility index (Phi) is 3.35. The minimum atomic E-state index is 0.232. The molecule has 2 heteroatoms. The predicted octanol–water partition coefficient (Wildman–Crippen LogP) is 3.57. The van der Waals surface area contributed by atoms with E-state index in [4.69, 9.17) is 5.73 Å². The minimum Gasteiger partial charge on any atom is -0.349 e. The SMILES string of the molecule is CCCCn1c(C)cc2c1CC(C)(C)CC2N. The Morgan fingerprint density at radius 1 is 1.47 bits per heavy atom.